The van der Waals surface area contributed by atoms with Crippen LogP contribution >= 0.6 is 11.6 Å². The van der Waals surface area contributed by atoms with Crippen LogP contribution in [-0.2, 0) is 0 Å². The van der Waals surface area contributed by atoms with Crippen LogP contribution in [0.2, 0.25) is 5.02 Å². The van der Waals surface area contributed by atoms with Crippen molar-refractivity contribution in [3.8, 4) is 0 Å². The van der Waals surface area contributed by atoms with Gasteiger partial charge in [-0.1, -0.05) is 17.7 Å². The standard InChI is InChI=1S/C11H15ClN2O/c1-7-3-4-9(10(12)5-7)11(15)14-8(2)6-13/h3-5,8H,6,13H2,1-2H3,(H,14,15). The number of amides is 1. The lowest BCUT2D eigenvalue weighted by Gasteiger charge is -2.12. The molecule has 1 aromatic carbocycles. The predicted molar refractivity (Wildman–Crippen MR) is 62.2 cm³/mol. The molecule has 1 unspecified atom stereocenters. The number of carbonyl (C=O) groups excluding carboxylic acids is 1. The Bertz CT molecular complexity index is 366. The number of nitrogens with one attached hydrogen (secondary N) is 1. The number of benzene rings is 1. The summed E-state index contributed by atoms with van der Waals surface area (Å²) < 4.78 is 0. The summed E-state index contributed by atoms with van der Waals surface area (Å²) >= 11 is 5.96. The van der Waals surface area contributed by atoms with E-state index in [1.54, 1.807) is 12.1 Å². The van der Waals surface area contributed by atoms with Crippen molar-refractivity contribution in [3.63, 3.8) is 0 Å². The van der Waals surface area contributed by atoms with Gasteiger partial charge in [-0.2, -0.15) is 0 Å². The first kappa shape index (κ1) is 12.0. The fourth-order valence-electron chi connectivity index (χ4n) is 1.16. The van der Waals surface area contributed by atoms with Crippen molar-refractivity contribution in [2.45, 2.75) is 19.9 Å². The van der Waals surface area contributed by atoms with Crippen molar-refractivity contribution in [2.24, 2.45) is 5.73 Å². The molecule has 4 heteroatoms. The van der Waals surface area contributed by atoms with Crippen LogP contribution in [0.3, 0.4) is 0 Å². The average molecular weight is 227 g/mol. The van der Waals surface area contributed by atoms with Crippen molar-refractivity contribution in [3.05, 3.63) is 34.3 Å². The minimum Gasteiger partial charge on any atom is -0.348 e. The summed E-state index contributed by atoms with van der Waals surface area (Å²) in [5.41, 5.74) is 6.93. The van der Waals surface area contributed by atoms with Crippen LogP contribution < -0.4 is 11.1 Å². The average Bonchev–Trinajstić information content (AvgIpc) is 2.17. The zero-order valence-electron chi connectivity index (χ0n) is 8.88. The highest BCUT2D eigenvalue weighted by Gasteiger charge is 2.11. The summed E-state index contributed by atoms with van der Waals surface area (Å²) in [6.07, 6.45) is 0. The summed E-state index contributed by atoms with van der Waals surface area (Å²) in [6, 6.07) is 5.29. The van der Waals surface area contributed by atoms with E-state index in [9.17, 15) is 4.79 Å². The van der Waals surface area contributed by atoms with Crippen molar-refractivity contribution in [2.75, 3.05) is 6.54 Å². The molecular weight excluding hydrogens is 212 g/mol. The van der Waals surface area contributed by atoms with Crippen LogP contribution in [0.1, 0.15) is 22.8 Å². The van der Waals surface area contributed by atoms with Gasteiger partial charge < -0.3 is 11.1 Å². The third kappa shape index (κ3) is 3.22. The summed E-state index contributed by atoms with van der Waals surface area (Å²) in [5.74, 6) is -0.182. The molecule has 0 radical (unpaired) electrons. The van der Waals surface area contributed by atoms with E-state index in [-0.39, 0.29) is 11.9 Å². The Kier molecular flexibility index (Phi) is 4.12. The Labute approximate surface area is 94.6 Å². The molecule has 0 saturated carbocycles. The van der Waals surface area contributed by atoms with Crippen LogP contribution in [0.25, 0.3) is 0 Å². The fraction of sp³-hybridized carbons (Fsp3) is 0.364. The Morgan fingerprint density at radius 1 is 1.60 bits per heavy atom. The molecule has 0 spiro atoms. The summed E-state index contributed by atoms with van der Waals surface area (Å²) in [5, 5.41) is 3.23. The molecule has 0 fully saturated rings. The van der Waals surface area contributed by atoms with Crippen LogP contribution in [0.4, 0.5) is 0 Å². The maximum atomic E-state index is 11.7. The van der Waals surface area contributed by atoms with E-state index in [1.807, 2.05) is 19.9 Å². The zero-order valence-corrected chi connectivity index (χ0v) is 9.64. The lowest BCUT2D eigenvalue weighted by atomic mass is 10.1. The Morgan fingerprint density at radius 2 is 2.27 bits per heavy atom. The lowest BCUT2D eigenvalue weighted by Crippen LogP contribution is -2.37. The highest BCUT2D eigenvalue weighted by atomic mass is 35.5. The fourth-order valence-corrected chi connectivity index (χ4v) is 1.49. The van der Waals surface area contributed by atoms with Crippen molar-refractivity contribution in [1.29, 1.82) is 0 Å². The zero-order chi connectivity index (χ0) is 11.4. The maximum absolute atomic E-state index is 11.7. The second-order valence-corrected chi connectivity index (χ2v) is 4.00. The summed E-state index contributed by atoms with van der Waals surface area (Å²) in [4.78, 5) is 11.7. The van der Waals surface area contributed by atoms with E-state index in [4.69, 9.17) is 17.3 Å². The molecular formula is C11H15ClN2O. The third-order valence-electron chi connectivity index (χ3n) is 2.10. The maximum Gasteiger partial charge on any atom is 0.253 e. The van der Waals surface area contributed by atoms with Gasteiger partial charge in [0.1, 0.15) is 0 Å². The van der Waals surface area contributed by atoms with Crippen LogP contribution in [-0.4, -0.2) is 18.5 Å². The number of hydrogen-bond acceptors (Lipinski definition) is 2. The van der Waals surface area contributed by atoms with Gasteiger partial charge in [-0.3, -0.25) is 4.79 Å². The number of nitrogens with two attached hydrogens (primary N) is 1. The monoisotopic (exact) mass is 226 g/mol. The van der Waals surface area contributed by atoms with Crippen LogP contribution in [0, 0.1) is 6.92 Å². The molecule has 15 heavy (non-hydrogen) atoms. The van der Waals surface area contributed by atoms with E-state index in [0.29, 0.717) is 17.1 Å². The van der Waals surface area contributed by atoms with Gasteiger partial charge in [-0.15, -0.1) is 0 Å². The van der Waals surface area contributed by atoms with E-state index < -0.39 is 0 Å². The smallest absolute Gasteiger partial charge is 0.253 e. The normalized spacial score (nSPS) is 12.3. The molecule has 0 aromatic heterocycles. The van der Waals surface area contributed by atoms with Gasteiger partial charge in [0.05, 0.1) is 10.6 Å². The van der Waals surface area contributed by atoms with E-state index >= 15 is 0 Å². The van der Waals surface area contributed by atoms with Gasteiger partial charge >= 0.3 is 0 Å². The van der Waals surface area contributed by atoms with Gasteiger partial charge in [-0.25, -0.2) is 0 Å². The van der Waals surface area contributed by atoms with E-state index in [0.717, 1.165) is 5.56 Å². The van der Waals surface area contributed by atoms with Crippen molar-refractivity contribution >= 4 is 17.5 Å². The first-order valence-corrected chi connectivity index (χ1v) is 5.19. The Balaban J connectivity index is 2.82. The molecule has 0 bridgehead atoms. The van der Waals surface area contributed by atoms with Crippen molar-refractivity contribution < 1.29 is 4.79 Å². The number of aryl methyl sites for hydroxylation is 1. The largest absolute Gasteiger partial charge is 0.348 e. The minimum absolute atomic E-state index is 0.0464. The van der Waals surface area contributed by atoms with Gasteiger partial charge in [0.25, 0.3) is 5.91 Å². The molecule has 0 heterocycles. The Hall–Kier alpha value is -1.06. The molecule has 0 saturated heterocycles. The van der Waals surface area contributed by atoms with Gasteiger partial charge in [0.2, 0.25) is 0 Å². The van der Waals surface area contributed by atoms with Gasteiger partial charge in [0, 0.05) is 12.6 Å². The highest BCUT2D eigenvalue weighted by molar-refractivity contribution is 6.33. The number of carbonyl (C=O) groups is 1. The van der Waals surface area contributed by atoms with Gasteiger partial charge in [-0.05, 0) is 31.5 Å². The number of halogens is 1. The van der Waals surface area contributed by atoms with Crippen molar-refractivity contribution in [1.82, 2.24) is 5.32 Å². The quantitative estimate of drug-likeness (QED) is 0.825. The predicted octanol–water partition coefficient (Wildman–Crippen LogP) is 1.73. The second kappa shape index (κ2) is 5.14. The second-order valence-electron chi connectivity index (χ2n) is 3.59. The van der Waals surface area contributed by atoms with Gasteiger partial charge in [0.15, 0.2) is 0 Å². The first-order valence-electron chi connectivity index (χ1n) is 4.81. The summed E-state index contributed by atoms with van der Waals surface area (Å²) in [7, 11) is 0. The number of rotatable bonds is 3. The first-order chi connectivity index (χ1) is 7.04. The highest BCUT2D eigenvalue weighted by Crippen LogP contribution is 2.17. The molecule has 0 aliphatic rings. The molecule has 1 rings (SSSR count). The summed E-state index contributed by atoms with van der Waals surface area (Å²) in [6.45, 7) is 4.19. The molecule has 3 N–H and O–H groups in total. The van der Waals surface area contributed by atoms with E-state index in [2.05, 4.69) is 5.32 Å². The third-order valence-corrected chi connectivity index (χ3v) is 2.41. The molecule has 0 aliphatic carbocycles. The van der Waals surface area contributed by atoms with E-state index in [1.165, 1.54) is 0 Å². The topological polar surface area (TPSA) is 55.1 Å². The lowest BCUT2D eigenvalue weighted by molar-refractivity contribution is 0.0941. The molecule has 3 nitrogen and oxygen atoms in total. The molecule has 1 amide bonds. The minimum atomic E-state index is -0.182. The number of hydrogen-bond donors (Lipinski definition) is 2. The van der Waals surface area contributed by atoms with Crippen LogP contribution in [0.5, 0.6) is 0 Å². The molecule has 82 valence electrons. The molecule has 1 atom stereocenters. The Morgan fingerprint density at radius 3 is 2.80 bits per heavy atom. The molecule has 1 aromatic rings. The SMILES string of the molecule is Cc1ccc(C(=O)NC(C)CN)c(Cl)c1. The van der Waals surface area contributed by atoms with Crippen LogP contribution in [0.15, 0.2) is 18.2 Å². The molecule has 0 aliphatic heterocycles.